The van der Waals surface area contributed by atoms with Crippen LogP contribution >= 0.6 is 11.6 Å². The summed E-state index contributed by atoms with van der Waals surface area (Å²) < 4.78 is 28.0. The molecule has 2 aromatic carbocycles. The Bertz CT molecular complexity index is 611. The van der Waals surface area contributed by atoms with E-state index in [1.807, 2.05) is 19.1 Å². The van der Waals surface area contributed by atoms with E-state index in [0.29, 0.717) is 22.7 Å². The molecule has 112 valence electrons. The van der Waals surface area contributed by atoms with Crippen LogP contribution in [0.3, 0.4) is 0 Å². The van der Waals surface area contributed by atoms with Gasteiger partial charge in [-0.2, -0.15) is 0 Å². The third-order valence-electron chi connectivity index (χ3n) is 3.39. The van der Waals surface area contributed by atoms with Crippen LogP contribution in [0, 0.1) is 18.6 Å². The molecular weight excluding hydrogens is 292 g/mol. The van der Waals surface area contributed by atoms with Gasteiger partial charge < -0.3 is 5.32 Å². The Hall–Kier alpha value is -1.45. The molecule has 4 heteroatoms. The Balaban J connectivity index is 2.45. The van der Waals surface area contributed by atoms with E-state index in [1.54, 1.807) is 19.1 Å². The minimum absolute atomic E-state index is 0.307. The molecule has 0 saturated carbocycles. The number of benzene rings is 2. The van der Waals surface area contributed by atoms with Gasteiger partial charge in [-0.05, 0) is 55.3 Å². The van der Waals surface area contributed by atoms with Crippen molar-refractivity contribution < 1.29 is 8.78 Å². The first-order valence-electron chi connectivity index (χ1n) is 6.97. The van der Waals surface area contributed by atoms with Crippen molar-refractivity contribution in [2.24, 2.45) is 0 Å². The lowest BCUT2D eigenvalue weighted by Crippen LogP contribution is -2.24. The smallest absolute Gasteiger partial charge is 0.128 e. The predicted molar refractivity (Wildman–Crippen MR) is 82.7 cm³/mol. The molecule has 1 unspecified atom stereocenters. The summed E-state index contributed by atoms with van der Waals surface area (Å²) in [4.78, 5) is 0. The van der Waals surface area contributed by atoms with Crippen molar-refractivity contribution in [3.63, 3.8) is 0 Å². The molecular formula is C17H18ClF2N. The summed E-state index contributed by atoms with van der Waals surface area (Å²) in [7, 11) is 0. The molecule has 0 amide bonds. The van der Waals surface area contributed by atoms with Crippen LogP contribution in [-0.4, -0.2) is 6.54 Å². The lowest BCUT2D eigenvalue weighted by molar-refractivity contribution is 0.532. The average molecular weight is 310 g/mol. The summed E-state index contributed by atoms with van der Waals surface area (Å²) in [5, 5.41) is 3.87. The molecule has 0 saturated heterocycles. The molecule has 21 heavy (non-hydrogen) atoms. The Morgan fingerprint density at radius 2 is 1.76 bits per heavy atom. The van der Waals surface area contributed by atoms with Crippen LogP contribution in [0.5, 0.6) is 0 Å². The minimum Gasteiger partial charge on any atom is -0.306 e. The van der Waals surface area contributed by atoms with Crippen molar-refractivity contribution in [2.75, 3.05) is 6.54 Å². The van der Waals surface area contributed by atoms with Crippen molar-refractivity contribution in [1.29, 1.82) is 0 Å². The van der Waals surface area contributed by atoms with E-state index >= 15 is 0 Å². The van der Waals surface area contributed by atoms with E-state index in [-0.39, 0.29) is 0 Å². The highest BCUT2D eigenvalue weighted by atomic mass is 35.5. The highest BCUT2D eigenvalue weighted by Crippen LogP contribution is 2.27. The third-order valence-corrected chi connectivity index (χ3v) is 3.64. The topological polar surface area (TPSA) is 12.0 Å². The van der Waals surface area contributed by atoms with Gasteiger partial charge in [0.15, 0.2) is 0 Å². The molecule has 0 spiro atoms. The number of nitrogens with one attached hydrogen (secondary N) is 1. The first-order chi connectivity index (χ1) is 10.0. The Morgan fingerprint density at radius 3 is 2.38 bits per heavy atom. The average Bonchev–Trinajstić information content (AvgIpc) is 2.46. The van der Waals surface area contributed by atoms with Gasteiger partial charge in [-0.1, -0.05) is 30.7 Å². The first kappa shape index (κ1) is 15.9. The normalized spacial score (nSPS) is 12.4. The molecule has 2 aromatic rings. The van der Waals surface area contributed by atoms with Crippen molar-refractivity contribution in [1.82, 2.24) is 5.32 Å². The SMILES string of the molecule is CCCNC(c1ccc(Cl)cc1)c1cc(F)c(C)cc1F. The molecule has 0 bridgehead atoms. The van der Waals surface area contributed by atoms with Gasteiger partial charge in [0.2, 0.25) is 0 Å². The zero-order valence-electron chi connectivity index (χ0n) is 12.1. The van der Waals surface area contributed by atoms with Crippen molar-refractivity contribution in [3.05, 3.63) is 69.7 Å². The quantitative estimate of drug-likeness (QED) is 0.818. The zero-order valence-corrected chi connectivity index (χ0v) is 12.8. The first-order valence-corrected chi connectivity index (χ1v) is 7.35. The maximum Gasteiger partial charge on any atom is 0.128 e. The van der Waals surface area contributed by atoms with E-state index in [1.165, 1.54) is 12.1 Å². The fourth-order valence-electron chi connectivity index (χ4n) is 2.23. The Kier molecular flexibility index (Phi) is 5.32. The van der Waals surface area contributed by atoms with E-state index in [9.17, 15) is 8.78 Å². The Morgan fingerprint density at radius 1 is 1.10 bits per heavy atom. The summed E-state index contributed by atoms with van der Waals surface area (Å²) >= 11 is 5.89. The second kappa shape index (κ2) is 7.01. The van der Waals surface area contributed by atoms with Gasteiger partial charge in [-0.3, -0.25) is 0 Å². The van der Waals surface area contributed by atoms with E-state index < -0.39 is 17.7 Å². The zero-order chi connectivity index (χ0) is 15.4. The Labute approximate surface area is 128 Å². The van der Waals surface area contributed by atoms with Gasteiger partial charge in [-0.15, -0.1) is 0 Å². The van der Waals surface area contributed by atoms with Crippen molar-refractivity contribution in [3.8, 4) is 0 Å². The van der Waals surface area contributed by atoms with Gasteiger partial charge in [-0.25, -0.2) is 8.78 Å². The largest absolute Gasteiger partial charge is 0.306 e. The van der Waals surface area contributed by atoms with Gasteiger partial charge >= 0.3 is 0 Å². The van der Waals surface area contributed by atoms with Gasteiger partial charge in [0.1, 0.15) is 11.6 Å². The highest BCUT2D eigenvalue weighted by Gasteiger charge is 2.19. The minimum atomic E-state index is -0.405. The van der Waals surface area contributed by atoms with Crippen LogP contribution in [0.2, 0.25) is 5.02 Å². The second-order valence-corrected chi connectivity index (χ2v) is 5.50. The predicted octanol–water partition coefficient (Wildman–Crippen LogP) is 5.02. The molecule has 0 aliphatic rings. The van der Waals surface area contributed by atoms with E-state index in [2.05, 4.69) is 5.32 Å². The summed E-state index contributed by atoms with van der Waals surface area (Å²) in [6.45, 7) is 4.29. The third kappa shape index (κ3) is 3.80. The van der Waals surface area contributed by atoms with Crippen molar-refractivity contribution in [2.45, 2.75) is 26.3 Å². The van der Waals surface area contributed by atoms with Crippen LogP contribution in [0.25, 0.3) is 0 Å². The lowest BCUT2D eigenvalue weighted by Gasteiger charge is -2.21. The molecule has 2 rings (SSSR count). The fourth-order valence-corrected chi connectivity index (χ4v) is 2.36. The van der Waals surface area contributed by atoms with Gasteiger partial charge in [0, 0.05) is 10.6 Å². The maximum absolute atomic E-state index is 14.2. The molecule has 0 aliphatic heterocycles. The van der Waals surface area contributed by atoms with Gasteiger partial charge in [0.25, 0.3) is 0 Å². The summed E-state index contributed by atoms with van der Waals surface area (Å²) in [5.41, 5.74) is 1.48. The van der Waals surface area contributed by atoms with Crippen LogP contribution in [0.4, 0.5) is 8.78 Å². The number of rotatable bonds is 5. The van der Waals surface area contributed by atoms with Crippen molar-refractivity contribution >= 4 is 11.6 Å². The summed E-state index contributed by atoms with van der Waals surface area (Å²) in [6.07, 6.45) is 0.903. The van der Waals surface area contributed by atoms with E-state index in [0.717, 1.165) is 12.0 Å². The molecule has 1 N–H and O–H groups in total. The lowest BCUT2D eigenvalue weighted by atomic mass is 9.96. The fraction of sp³-hybridized carbons (Fsp3) is 0.294. The molecule has 0 fully saturated rings. The summed E-state index contributed by atoms with van der Waals surface area (Å²) in [6, 6.07) is 9.27. The molecule has 0 heterocycles. The maximum atomic E-state index is 14.2. The van der Waals surface area contributed by atoms with Crippen LogP contribution in [0.1, 0.15) is 36.1 Å². The number of aryl methyl sites for hydroxylation is 1. The number of hydrogen-bond acceptors (Lipinski definition) is 1. The standard InChI is InChI=1S/C17H18ClF2N/c1-3-8-21-17(12-4-6-13(18)7-5-12)14-10-15(19)11(2)9-16(14)20/h4-7,9-10,17,21H,3,8H2,1-2H3. The molecule has 0 aliphatic carbocycles. The molecule has 0 aromatic heterocycles. The van der Waals surface area contributed by atoms with Gasteiger partial charge in [0.05, 0.1) is 6.04 Å². The highest BCUT2D eigenvalue weighted by molar-refractivity contribution is 6.30. The molecule has 1 atom stereocenters. The molecule has 1 nitrogen and oxygen atoms in total. The van der Waals surface area contributed by atoms with Crippen LogP contribution in [0.15, 0.2) is 36.4 Å². The number of hydrogen-bond donors (Lipinski definition) is 1. The number of halogens is 3. The monoisotopic (exact) mass is 309 g/mol. The second-order valence-electron chi connectivity index (χ2n) is 5.06. The summed E-state index contributed by atoms with van der Waals surface area (Å²) in [5.74, 6) is -0.805. The van der Waals surface area contributed by atoms with E-state index in [4.69, 9.17) is 11.6 Å². The molecule has 0 radical (unpaired) electrons. The van der Waals surface area contributed by atoms with Crippen LogP contribution < -0.4 is 5.32 Å². The van der Waals surface area contributed by atoms with Crippen LogP contribution in [-0.2, 0) is 0 Å².